The van der Waals surface area contributed by atoms with Crippen LogP contribution in [0, 0.1) is 6.92 Å². The maximum Gasteiger partial charge on any atom is 0.267 e. The van der Waals surface area contributed by atoms with Crippen LogP contribution in [0.5, 0.6) is 0 Å². The fourth-order valence-electron chi connectivity index (χ4n) is 2.93. The van der Waals surface area contributed by atoms with Gasteiger partial charge in [-0.3, -0.25) is 14.9 Å². The first kappa shape index (κ1) is 14.9. The molecule has 1 fully saturated rings. The van der Waals surface area contributed by atoms with Crippen LogP contribution < -0.4 is 0 Å². The fraction of sp³-hybridized carbons (Fsp3) is 0.353. The van der Waals surface area contributed by atoms with Crippen molar-refractivity contribution in [1.82, 2.24) is 30.0 Å². The predicted octanol–water partition coefficient (Wildman–Crippen LogP) is 2.22. The summed E-state index contributed by atoms with van der Waals surface area (Å²) >= 11 is 0. The summed E-state index contributed by atoms with van der Waals surface area (Å²) in [4.78, 5) is 15.0. The number of hydrogen-bond acceptors (Lipinski definition) is 7. The highest BCUT2D eigenvalue weighted by atomic mass is 16.4. The molecule has 0 bridgehead atoms. The molecule has 0 saturated carbocycles. The lowest BCUT2D eigenvalue weighted by atomic mass is 10.1. The van der Waals surface area contributed by atoms with Crippen molar-refractivity contribution in [3.63, 3.8) is 0 Å². The molecule has 0 aromatic carbocycles. The zero-order chi connectivity index (χ0) is 16.4. The van der Waals surface area contributed by atoms with E-state index >= 15 is 0 Å². The third-order valence-corrected chi connectivity index (χ3v) is 4.22. The summed E-state index contributed by atoms with van der Waals surface area (Å²) < 4.78 is 5.83. The third-order valence-electron chi connectivity index (χ3n) is 4.22. The van der Waals surface area contributed by atoms with Gasteiger partial charge in [-0.15, -0.1) is 10.2 Å². The molecular formula is C17H18N6O. The lowest BCUT2D eigenvalue weighted by Gasteiger charge is -2.14. The van der Waals surface area contributed by atoms with Crippen molar-refractivity contribution >= 4 is 0 Å². The molecule has 3 aromatic heterocycles. The maximum absolute atomic E-state index is 5.83. The van der Waals surface area contributed by atoms with Crippen molar-refractivity contribution in [1.29, 1.82) is 0 Å². The van der Waals surface area contributed by atoms with Crippen LogP contribution in [0.25, 0.3) is 11.6 Å². The van der Waals surface area contributed by atoms with E-state index in [1.165, 1.54) is 5.56 Å². The van der Waals surface area contributed by atoms with Gasteiger partial charge >= 0.3 is 0 Å². The minimum absolute atomic E-state index is 0.270. The van der Waals surface area contributed by atoms with Crippen LogP contribution >= 0.6 is 0 Å². The first-order valence-electron chi connectivity index (χ1n) is 8.01. The fourth-order valence-corrected chi connectivity index (χ4v) is 2.93. The van der Waals surface area contributed by atoms with E-state index in [0.717, 1.165) is 31.7 Å². The van der Waals surface area contributed by atoms with Crippen LogP contribution in [-0.2, 0) is 6.54 Å². The second-order valence-corrected chi connectivity index (χ2v) is 6.06. The van der Waals surface area contributed by atoms with E-state index in [-0.39, 0.29) is 5.92 Å². The number of rotatable bonds is 4. The minimum atomic E-state index is 0.270. The van der Waals surface area contributed by atoms with Gasteiger partial charge in [0.15, 0.2) is 0 Å². The largest absolute Gasteiger partial charge is 0.419 e. The molecule has 0 radical (unpaired) electrons. The molecule has 1 atom stereocenters. The number of aryl methyl sites for hydroxylation is 1. The summed E-state index contributed by atoms with van der Waals surface area (Å²) in [6, 6.07) is 4.10. The number of nitrogens with zero attached hydrogens (tertiary/aromatic N) is 6. The SMILES string of the molecule is Cc1cnc(-c2nnc(C3CCN(Cc4ccncc4)C3)o2)cn1. The van der Waals surface area contributed by atoms with E-state index in [2.05, 4.69) is 30.0 Å². The van der Waals surface area contributed by atoms with E-state index in [1.807, 2.05) is 31.5 Å². The maximum atomic E-state index is 5.83. The second-order valence-electron chi connectivity index (χ2n) is 6.06. The van der Waals surface area contributed by atoms with Crippen LogP contribution in [0.4, 0.5) is 0 Å². The summed E-state index contributed by atoms with van der Waals surface area (Å²) in [5.41, 5.74) is 2.75. The molecule has 0 N–H and O–H groups in total. The molecule has 1 aliphatic heterocycles. The van der Waals surface area contributed by atoms with E-state index in [9.17, 15) is 0 Å². The van der Waals surface area contributed by atoms with Gasteiger partial charge in [0.1, 0.15) is 5.69 Å². The first-order chi connectivity index (χ1) is 11.8. The van der Waals surface area contributed by atoms with Crippen molar-refractivity contribution < 1.29 is 4.42 Å². The lowest BCUT2D eigenvalue weighted by molar-refractivity contribution is 0.320. The Morgan fingerprint density at radius 2 is 2.04 bits per heavy atom. The Morgan fingerprint density at radius 1 is 1.17 bits per heavy atom. The molecule has 0 amide bonds. The molecule has 4 heterocycles. The van der Waals surface area contributed by atoms with Crippen molar-refractivity contribution in [3.05, 3.63) is 54.1 Å². The number of aromatic nitrogens is 5. The van der Waals surface area contributed by atoms with Gasteiger partial charge < -0.3 is 4.42 Å². The summed E-state index contributed by atoms with van der Waals surface area (Å²) in [5.74, 6) is 1.39. The Morgan fingerprint density at radius 3 is 2.83 bits per heavy atom. The molecule has 4 rings (SSSR count). The van der Waals surface area contributed by atoms with Crippen molar-refractivity contribution in [2.75, 3.05) is 13.1 Å². The molecule has 1 saturated heterocycles. The van der Waals surface area contributed by atoms with E-state index in [1.54, 1.807) is 12.4 Å². The average Bonchev–Trinajstić information content (AvgIpc) is 3.26. The molecular weight excluding hydrogens is 304 g/mol. The normalized spacial score (nSPS) is 18.1. The molecule has 3 aromatic rings. The number of hydrogen-bond donors (Lipinski definition) is 0. The zero-order valence-corrected chi connectivity index (χ0v) is 13.5. The molecule has 7 nitrogen and oxygen atoms in total. The van der Waals surface area contributed by atoms with Gasteiger partial charge in [0.05, 0.1) is 17.8 Å². The molecule has 7 heteroatoms. The third kappa shape index (κ3) is 3.16. The van der Waals surface area contributed by atoms with Gasteiger partial charge in [-0.2, -0.15) is 0 Å². The van der Waals surface area contributed by atoms with Crippen LogP contribution in [0.3, 0.4) is 0 Å². The Hall–Kier alpha value is -2.67. The van der Waals surface area contributed by atoms with Gasteiger partial charge in [0, 0.05) is 31.7 Å². The Kier molecular flexibility index (Phi) is 4.00. The van der Waals surface area contributed by atoms with Crippen LogP contribution in [-0.4, -0.2) is 43.1 Å². The predicted molar refractivity (Wildman–Crippen MR) is 86.9 cm³/mol. The van der Waals surface area contributed by atoms with Gasteiger partial charge in [-0.25, -0.2) is 4.98 Å². The number of likely N-dealkylation sites (tertiary alicyclic amines) is 1. The Balaban J connectivity index is 1.43. The first-order valence-corrected chi connectivity index (χ1v) is 8.01. The molecule has 24 heavy (non-hydrogen) atoms. The standard InChI is InChI=1S/C17H18N6O/c1-12-8-20-15(9-19-12)17-22-21-16(24-17)14-4-7-23(11-14)10-13-2-5-18-6-3-13/h2-3,5-6,8-9,14H,4,7,10-11H2,1H3. The Bertz CT molecular complexity index is 801. The van der Waals surface area contributed by atoms with E-state index < -0.39 is 0 Å². The van der Waals surface area contributed by atoms with Crippen molar-refractivity contribution in [2.45, 2.75) is 25.8 Å². The van der Waals surface area contributed by atoms with Crippen molar-refractivity contribution in [2.24, 2.45) is 0 Å². The highest BCUT2D eigenvalue weighted by molar-refractivity contribution is 5.43. The summed E-state index contributed by atoms with van der Waals surface area (Å²) in [6.07, 6.45) is 8.04. The van der Waals surface area contributed by atoms with Gasteiger partial charge in [0.25, 0.3) is 5.89 Å². The van der Waals surface area contributed by atoms with Gasteiger partial charge in [-0.1, -0.05) is 0 Å². The zero-order valence-electron chi connectivity index (χ0n) is 13.5. The van der Waals surface area contributed by atoms with Gasteiger partial charge in [0.2, 0.25) is 5.89 Å². The summed E-state index contributed by atoms with van der Waals surface area (Å²) in [6.45, 7) is 4.76. The highest BCUT2D eigenvalue weighted by Crippen LogP contribution is 2.28. The van der Waals surface area contributed by atoms with E-state index in [4.69, 9.17) is 4.42 Å². The second kappa shape index (κ2) is 6.45. The van der Waals surface area contributed by atoms with Crippen LogP contribution in [0.1, 0.15) is 29.5 Å². The molecule has 122 valence electrons. The van der Waals surface area contributed by atoms with Gasteiger partial charge in [-0.05, 0) is 37.6 Å². The molecule has 1 unspecified atom stereocenters. The summed E-state index contributed by atoms with van der Waals surface area (Å²) in [5, 5.41) is 8.34. The minimum Gasteiger partial charge on any atom is -0.419 e. The average molecular weight is 322 g/mol. The lowest BCUT2D eigenvalue weighted by Crippen LogP contribution is -2.19. The Labute approximate surface area is 139 Å². The highest BCUT2D eigenvalue weighted by Gasteiger charge is 2.28. The quantitative estimate of drug-likeness (QED) is 0.728. The molecule has 1 aliphatic rings. The smallest absolute Gasteiger partial charge is 0.267 e. The number of pyridine rings is 1. The summed E-state index contributed by atoms with van der Waals surface area (Å²) in [7, 11) is 0. The monoisotopic (exact) mass is 322 g/mol. The van der Waals surface area contributed by atoms with E-state index in [0.29, 0.717) is 17.5 Å². The molecule has 0 aliphatic carbocycles. The topological polar surface area (TPSA) is 80.8 Å². The van der Waals surface area contributed by atoms with Crippen molar-refractivity contribution in [3.8, 4) is 11.6 Å². The van der Waals surface area contributed by atoms with Crippen LogP contribution in [0.15, 0.2) is 41.3 Å². The van der Waals surface area contributed by atoms with Crippen LogP contribution in [0.2, 0.25) is 0 Å². The molecule has 0 spiro atoms.